The molecule has 0 aliphatic carbocycles. The summed E-state index contributed by atoms with van der Waals surface area (Å²) < 4.78 is 23.3. The molecule has 2 aromatic rings. The van der Waals surface area contributed by atoms with E-state index in [2.05, 4.69) is 38.2 Å². The standard InChI is InChI=1S/C16H22N4O2S/c21-23(22)8-3-15(12-23)20-6-4-19(5-7-20)11-13-1-2-14-10-17-18-16(14)9-13/h1-2,9-10,15H,3-8,11-12H2,(H,17,18)/t15-/m1/s1. The largest absolute Gasteiger partial charge is 0.297 e. The summed E-state index contributed by atoms with van der Waals surface area (Å²) in [4.78, 5) is 4.80. The first kappa shape index (κ1) is 15.1. The number of piperazine rings is 1. The van der Waals surface area contributed by atoms with Crippen LogP contribution in [-0.4, -0.2) is 72.1 Å². The molecule has 1 N–H and O–H groups in total. The number of aromatic nitrogens is 2. The van der Waals surface area contributed by atoms with Crippen LogP contribution in [0.5, 0.6) is 0 Å². The second-order valence-electron chi connectivity index (χ2n) is 6.66. The molecule has 0 amide bonds. The minimum absolute atomic E-state index is 0.239. The van der Waals surface area contributed by atoms with Crippen LogP contribution >= 0.6 is 0 Å². The summed E-state index contributed by atoms with van der Waals surface area (Å²) in [5.74, 6) is 0.714. The normalized spacial score (nSPS) is 26.0. The van der Waals surface area contributed by atoms with Gasteiger partial charge in [-0.1, -0.05) is 12.1 Å². The maximum Gasteiger partial charge on any atom is 0.151 e. The number of benzene rings is 1. The molecule has 3 heterocycles. The molecule has 7 heteroatoms. The van der Waals surface area contributed by atoms with Crippen LogP contribution < -0.4 is 0 Å². The average Bonchev–Trinajstić information content (AvgIpc) is 3.13. The quantitative estimate of drug-likeness (QED) is 0.902. The zero-order chi connectivity index (χ0) is 15.9. The van der Waals surface area contributed by atoms with Gasteiger partial charge in [0.05, 0.1) is 23.2 Å². The Morgan fingerprint density at radius 2 is 2.04 bits per heavy atom. The van der Waals surface area contributed by atoms with Crippen molar-refractivity contribution in [1.29, 1.82) is 0 Å². The average molecular weight is 334 g/mol. The number of fused-ring (bicyclic) bond motifs is 1. The molecule has 2 fully saturated rings. The van der Waals surface area contributed by atoms with E-state index >= 15 is 0 Å². The van der Waals surface area contributed by atoms with Gasteiger partial charge in [-0.05, 0) is 18.1 Å². The SMILES string of the molecule is O=S1(=O)CC[C@@H](N2CCN(Cc3ccc4cn[nH]c4c3)CC2)C1. The number of hydrogen-bond acceptors (Lipinski definition) is 5. The minimum atomic E-state index is -2.79. The van der Waals surface area contributed by atoms with Crippen LogP contribution in [0, 0.1) is 0 Å². The predicted molar refractivity (Wildman–Crippen MR) is 90.0 cm³/mol. The van der Waals surface area contributed by atoms with Gasteiger partial charge >= 0.3 is 0 Å². The minimum Gasteiger partial charge on any atom is -0.297 e. The third-order valence-electron chi connectivity index (χ3n) is 5.04. The van der Waals surface area contributed by atoms with Crippen LogP contribution in [0.1, 0.15) is 12.0 Å². The lowest BCUT2D eigenvalue weighted by Gasteiger charge is -2.37. The van der Waals surface area contributed by atoms with E-state index in [1.165, 1.54) is 5.56 Å². The predicted octanol–water partition coefficient (Wildman–Crippen LogP) is 0.868. The third-order valence-corrected chi connectivity index (χ3v) is 6.79. The van der Waals surface area contributed by atoms with Gasteiger partial charge in [0.15, 0.2) is 9.84 Å². The van der Waals surface area contributed by atoms with E-state index in [9.17, 15) is 8.42 Å². The summed E-state index contributed by atoms with van der Waals surface area (Å²) in [7, 11) is -2.79. The number of nitrogens with zero attached hydrogens (tertiary/aromatic N) is 3. The molecule has 0 saturated carbocycles. The van der Waals surface area contributed by atoms with Gasteiger partial charge in [-0.25, -0.2) is 8.42 Å². The number of sulfone groups is 1. The summed E-state index contributed by atoms with van der Waals surface area (Å²) in [5, 5.41) is 8.22. The first-order chi connectivity index (χ1) is 11.1. The Morgan fingerprint density at radius 1 is 1.22 bits per heavy atom. The summed E-state index contributed by atoms with van der Waals surface area (Å²) >= 11 is 0. The van der Waals surface area contributed by atoms with E-state index in [1.54, 1.807) is 0 Å². The molecule has 0 unspecified atom stereocenters. The van der Waals surface area contributed by atoms with Gasteiger partial charge in [0.25, 0.3) is 0 Å². The molecule has 23 heavy (non-hydrogen) atoms. The number of rotatable bonds is 3. The van der Waals surface area contributed by atoms with E-state index in [0.717, 1.165) is 50.0 Å². The zero-order valence-corrected chi connectivity index (χ0v) is 13.9. The highest BCUT2D eigenvalue weighted by atomic mass is 32.2. The molecule has 2 aliphatic heterocycles. The summed E-state index contributed by atoms with van der Waals surface area (Å²) in [6.07, 6.45) is 2.65. The smallest absolute Gasteiger partial charge is 0.151 e. The topological polar surface area (TPSA) is 69.3 Å². The molecular weight excluding hydrogens is 312 g/mol. The second-order valence-corrected chi connectivity index (χ2v) is 8.89. The molecule has 2 aliphatic rings. The van der Waals surface area contributed by atoms with E-state index < -0.39 is 9.84 Å². The zero-order valence-electron chi connectivity index (χ0n) is 13.1. The van der Waals surface area contributed by atoms with Crippen molar-refractivity contribution < 1.29 is 8.42 Å². The van der Waals surface area contributed by atoms with Crippen molar-refractivity contribution in [3.8, 4) is 0 Å². The highest BCUT2D eigenvalue weighted by Gasteiger charge is 2.33. The van der Waals surface area contributed by atoms with Crippen molar-refractivity contribution >= 4 is 20.7 Å². The number of hydrogen-bond donors (Lipinski definition) is 1. The Bertz CT molecular complexity index is 793. The van der Waals surface area contributed by atoms with Crippen molar-refractivity contribution in [3.05, 3.63) is 30.0 Å². The maximum absolute atomic E-state index is 11.6. The fraction of sp³-hybridized carbons (Fsp3) is 0.562. The lowest BCUT2D eigenvalue weighted by atomic mass is 10.1. The van der Waals surface area contributed by atoms with Crippen LogP contribution in [0.4, 0.5) is 0 Å². The summed E-state index contributed by atoms with van der Waals surface area (Å²) in [6.45, 7) is 4.86. The highest BCUT2D eigenvalue weighted by Crippen LogP contribution is 2.20. The van der Waals surface area contributed by atoms with Crippen molar-refractivity contribution in [2.24, 2.45) is 0 Å². The Kier molecular flexibility index (Phi) is 3.87. The van der Waals surface area contributed by atoms with Gasteiger partial charge in [-0.3, -0.25) is 14.9 Å². The van der Waals surface area contributed by atoms with Crippen LogP contribution in [0.15, 0.2) is 24.4 Å². The lowest BCUT2D eigenvalue weighted by molar-refractivity contribution is 0.100. The molecule has 0 radical (unpaired) electrons. The van der Waals surface area contributed by atoms with Gasteiger partial charge in [-0.2, -0.15) is 5.10 Å². The molecule has 0 bridgehead atoms. The van der Waals surface area contributed by atoms with E-state index in [4.69, 9.17) is 0 Å². The van der Waals surface area contributed by atoms with E-state index in [-0.39, 0.29) is 6.04 Å². The Balaban J connectivity index is 1.34. The van der Waals surface area contributed by atoms with Crippen molar-refractivity contribution in [2.75, 3.05) is 37.7 Å². The van der Waals surface area contributed by atoms with Crippen molar-refractivity contribution in [3.63, 3.8) is 0 Å². The first-order valence-corrected chi connectivity index (χ1v) is 10.00. The third kappa shape index (κ3) is 3.27. The molecule has 124 valence electrons. The first-order valence-electron chi connectivity index (χ1n) is 8.18. The van der Waals surface area contributed by atoms with E-state index in [1.807, 2.05) is 6.20 Å². The van der Waals surface area contributed by atoms with Gasteiger partial charge < -0.3 is 0 Å². The monoisotopic (exact) mass is 334 g/mol. The van der Waals surface area contributed by atoms with E-state index in [0.29, 0.717) is 11.5 Å². The van der Waals surface area contributed by atoms with Gasteiger partial charge in [0.1, 0.15) is 0 Å². The molecule has 0 spiro atoms. The highest BCUT2D eigenvalue weighted by molar-refractivity contribution is 7.91. The molecule has 1 aromatic carbocycles. The number of aromatic amines is 1. The van der Waals surface area contributed by atoms with Gasteiger partial charge in [0.2, 0.25) is 0 Å². The summed E-state index contributed by atoms with van der Waals surface area (Å²) in [6, 6.07) is 6.67. The fourth-order valence-electron chi connectivity index (χ4n) is 3.69. The van der Waals surface area contributed by atoms with Crippen LogP contribution in [0.2, 0.25) is 0 Å². The molecular formula is C16H22N4O2S. The van der Waals surface area contributed by atoms with Gasteiger partial charge in [-0.15, -0.1) is 0 Å². The maximum atomic E-state index is 11.6. The Morgan fingerprint density at radius 3 is 2.78 bits per heavy atom. The Labute approximate surface area is 136 Å². The van der Waals surface area contributed by atoms with Crippen molar-refractivity contribution in [1.82, 2.24) is 20.0 Å². The number of nitrogens with one attached hydrogen (secondary N) is 1. The van der Waals surface area contributed by atoms with Crippen LogP contribution in [0.25, 0.3) is 10.9 Å². The number of H-pyrrole nitrogens is 1. The summed E-state index contributed by atoms with van der Waals surface area (Å²) in [5.41, 5.74) is 2.37. The molecule has 6 nitrogen and oxygen atoms in total. The van der Waals surface area contributed by atoms with Gasteiger partial charge in [0, 0.05) is 44.2 Å². The van der Waals surface area contributed by atoms with Crippen LogP contribution in [-0.2, 0) is 16.4 Å². The lowest BCUT2D eigenvalue weighted by Crippen LogP contribution is -2.50. The second kappa shape index (κ2) is 5.89. The molecule has 1 atom stereocenters. The fourth-order valence-corrected chi connectivity index (χ4v) is 5.45. The molecule has 2 saturated heterocycles. The van der Waals surface area contributed by atoms with Crippen LogP contribution in [0.3, 0.4) is 0 Å². The molecule has 1 aromatic heterocycles. The Hall–Kier alpha value is -1.44. The van der Waals surface area contributed by atoms with Crippen molar-refractivity contribution in [2.45, 2.75) is 19.0 Å². The molecule has 4 rings (SSSR count).